The summed E-state index contributed by atoms with van der Waals surface area (Å²) in [5, 5.41) is 3.68. The van der Waals surface area contributed by atoms with Crippen LogP contribution in [0, 0.1) is 0 Å². The van der Waals surface area contributed by atoms with Crippen LogP contribution < -0.4 is 5.56 Å². The van der Waals surface area contributed by atoms with E-state index in [1.54, 1.807) is 12.1 Å². The molecule has 0 aliphatic rings. The highest BCUT2D eigenvalue weighted by molar-refractivity contribution is 6.30. The lowest BCUT2D eigenvalue weighted by molar-refractivity contribution is 0.873. The SMILES string of the molecule is O=c1cccc2nc(Cc3cccc(Cl)c3)[nH]n12. The van der Waals surface area contributed by atoms with Gasteiger partial charge in [0.1, 0.15) is 5.82 Å². The normalized spacial score (nSPS) is 10.9. The van der Waals surface area contributed by atoms with E-state index in [9.17, 15) is 4.79 Å². The number of aromatic nitrogens is 3. The van der Waals surface area contributed by atoms with E-state index >= 15 is 0 Å². The van der Waals surface area contributed by atoms with Gasteiger partial charge in [-0.05, 0) is 23.8 Å². The van der Waals surface area contributed by atoms with E-state index in [1.165, 1.54) is 10.6 Å². The Kier molecular flexibility index (Phi) is 2.64. The summed E-state index contributed by atoms with van der Waals surface area (Å²) in [5.41, 5.74) is 1.56. The molecule has 3 aromatic rings. The monoisotopic (exact) mass is 259 g/mol. The van der Waals surface area contributed by atoms with Crippen LogP contribution in [0.25, 0.3) is 5.65 Å². The van der Waals surface area contributed by atoms with Crippen molar-refractivity contribution in [2.45, 2.75) is 6.42 Å². The minimum Gasteiger partial charge on any atom is -0.276 e. The molecule has 18 heavy (non-hydrogen) atoms. The maximum absolute atomic E-state index is 11.6. The maximum atomic E-state index is 11.6. The molecule has 5 heteroatoms. The van der Waals surface area contributed by atoms with Gasteiger partial charge in [-0.3, -0.25) is 9.89 Å². The van der Waals surface area contributed by atoms with Crippen LogP contribution >= 0.6 is 11.6 Å². The van der Waals surface area contributed by atoms with E-state index in [2.05, 4.69) is 10.1 Å². The minimum absolute atomic E-state index is 0.114. The van der Waals surface area contributed by atoms with E-state index in [0.717, 1.165) is 11.4 Å². The third-order valence-electron chi connectivity index (χ3n) is 2.68. The molecule has 0 saturated carbocycles. The number of halogens is 1. The van der Waals surface area contributed by atoms with Crippen molar-refractivity contribution in [2.24, 2.45) is 0 Å². The number of rotatable bonds is 2. The molecule has 4 nitrogen and oxygen atoms in total. The molecule has 0 unspecified atom stereocenters. The number of nitrogens with zero attached hydrogens (tertiary/aromatic N) is 2. The molecule has 0 atom stereocenters. The Labute approximate surface area is 108 Å². The Morgan fingerprint density at radius 3 is 2.83 bits per heavy atom. The molecular weight excluding hydrogens is 250 g/mol. The summed E-state index contributed by atoms with van der Waals surface area (Å²) in [4.78, 5) is 15.9. The smallest absolute Gasteiger partial charge is 0.271 e. The predicted molar refractivity (Wildman–Crippen MR) is 70.1 cm³/mol. The molecule has 3 rings (SSSR count). The molecule has 0 fully saturated rings. The lowest BCUT2D eigenvalue weighted by atomic mass is 10.1. The summed E-state index contributed by atoms with van der Waals surface area (Å²) in [6.07, 6.45) is 0.613. The summed E-state index contributed by atoms with van der Waals surface area (Å²) in [6.45, 7) is 0. The Bertz CT molecular complexity index is 760. The van der Waals surface area contributed by atoms with Crippen LogP contribution in [0.1, 0.15) is 11.4 Å². The number of benzene rings is 1. The first kappa shape index (κ1) is 11.0. The van der Waals surface area contributed by atoms with Gasteiger partial charge in [0.25, 0.3) is 5.56 Å². The van der Waals surface area contributed by atoms with Crippen molar-refractivity contribution in [1.82, 2.24) is 14.6 Å². The second kappa shape index (κ2) is 4.31. The van der Waals surface area contributed by atoms with Gasteiger partial charge < -0.3 is 0 Å². The lowest BCUT2D eigenvalue weighted by Gasteiger charge is -1.97. The highest BCUT2D eigenvalue weighted by Crippen LogP contribution is 2.13. The largest absolute Gasteiger partial charge is 0.276 e. The molecular formula is C13H10ClN3O. The number of nitrogens with one attached hydrogen (secondary N) is 1. The van der Waals surface area contributed by atoms with Gasteiger partial charge >= 0.3 is 0 Å². The zero-order chi connectivity index (χ0) is 12.5. The van der Waals surface area contributed by atoms with Crippen molar-refractivity contribution in [2.75, 3.05) is 0 Å². The van der Waals surface area contributed by atoms with Crippen LogP contribution in [0.5, 0.6) is 0 Å². The molecule has 0 aliphatic carbocycles. The first-order valence-electron chi connectivity index (χ1n) is 5.53. The van der Waals surface area contributed by atoms with Gasteiger partial charge in [-0.25, -0.2) is 9.50 Å². The van der Waals surface area contributed by atoms with Crippen molar-refractivity contribution in [3.8, 4) is 0 Å². The van der Waals surface area contributed by atoms with Gasteiger partial charge in [0.2, 0.25) is 0 Å². The highest BCUT2D eigenvalue weighted by atomic mass is 35.5. The quantitative estimate of drug-likeness (QED) is 0.768. The van der Waals surface area contributed by atoms with Crippen molar-refractivity contribution >= 4 is 17.2 Å². The van der Waals surface area contributed by atoms with E-state index < -0.39 is 0 Å². The molecule has 90 valence electrons. The molecule has 2 heterocycles. The van der Waals surface area contributed by atoms with Crippen LogP contribution in [0.2, 0.25) is 5.02 Å². The van der Waals surface area contributed by atoms with E-state index in [1.807, 2.05) is 24.3 Å². The molecule has 2 aromatic heterocycles. The first-order chi connectivity index (χ1) is 8.72. The van der Waals surface area contributed by atoms with Gasteiger partial charge in [0.15, 0.2) is 5.65 Å². The van der Waals surface area contributed by atoms with E-state index in [4.69, 9.17) is 11.6 Å². The fraction of sp³-hybridized carbons (Fsp3) is 0.0769. The van der Waals surface area contributed by atoms with Crippen LogP contribution in [0.4, 0.5) is 0 Å². The van der Waals surface area contributed by atoms with Crippen molar-refractivity contribution in [3.63, 3.8) is 0 Å². The third kappa shape index (κ3) is 2.02. The van der Waals surface area contributed by atoms with Crippen molar-refractivity contribution in [3.05, 3.63) is 69.2 Å². The molecule has 0 bridgehead atoms. The Hall–Kier alpha value is -2.07. The maximum Gasteiger partial charge on any atom is 0.271 e. The number of H-pyrrole nitrogens is 1. The summed E-state index contributed by atoms with van der Waals surface area (Å²) in [7, 11) is 0. The Morgan fingerprint density at radius 2 is 2.06 bits per heavy atom. The van der Waals surface area contributed by atoms with Gasteiger partial charge in [0, 0.05) is 17.5 Å². The van der Waals surface area contributed by atoms with Crippen LogP contribution in [0.3, 0.4) is 0 Å². The molecule has 1 aromatic carbocycles. The Morgan fingerprint density at radius 1 is 1.22 bits per heavy atom. The van der Waals surface area contributed by atoms with Crippen LogP contribution in [0.15, 0.2) is 47.3 Å². The minimum atomic E-state index is -0.114. The molecule has 0 spiro atoms. The average Bonchev–Trinajstić information content (AvgIpc) is 2.73. The van der Waals surface area contributed by atoms with Gasteiger partial charge in [-0.15, -0.1) is 0 Å². The Balaban J connectivity index is 2.01. The standard InChI is InChI=1S/C13H10ClN3O/c14-10-4-1-3-9(7-10)8-11-15-12-5-2-6-13(18)17(12)16-11/h1-7H,8H2,(H,15,16). The zero-order valence-electron chi connectivity index (χ0n) is 9.43. The lowest BCUT2D eigenvalue weighted by Crippen LogP contribution is -2.11. The molecule has 0 amide bonds. The summed E-state index contributed by atoms with van der Waals surface area (Å²) in [5.74, 6) is 0.737. The highest BCUT2D eigenvalue weighted by Gasteiger charge is 2.04. The predicted octanol–water partition coefficient (Wildman–Crippen LogP) is 2.27. The molecule has 0 radical (unpaired) electrons. The van der Waals surface area contributed by atoms with Crippen molar-refractivity contribution < 1.29 is 0 Å². The molecule has 1 N–H and O–H groups in total. The second-order valence-electron chi connectivity index (χ2n) is 4.03. The molecule has 0 aliphatic heterocycles. The fourth-order valence-electron chi connectivity index (χ4n) is 1.89. The van der Waals surface area contributed by atoms with E-state index in [-0.39, 0.29) is 5.56 Å². The summed E-state index contributed by atoms with van der Waals surface area (Å²) in [6, 6.07) is 12.6. The number of hydrogen-bond donors (Lipinski definition) is 1. The van der Waals surface area contributed by atoms with Crippen LogP contribution in [-0.2, 0) is 6.42 Å². The van der Waals surface area contributed by atoms with E-state index in [0.29, 0.717) is 17.1 Å². The topological polar surface area (TPSA) is 50.2 Å². The number of pyridine rings is 1. The number of aromatic amines is 1. The van der Waals surface area contributed by atoms with Gasteiger partial charge in [-0.1, -0.05) is 29.8 Å². The van der Waals surface area contributed by atoms with Crippen LogP contribution in [-0.4, -0.2) is 14.6 Å². The summed E-state index contributed by atoms with van der Waals surface area (Å²) < 4.78 is 1.43. The fourth-order valence-corrected chi connectivity index (χ4v) is 2.10. The number of hydrogen-bond acceptors (Lipinski definition) is 2. The zero-order valence-corrected chi connectivity index (χ0v) is 10.2. The average molecular weight is 260 g/mol. The second-order valence-corrected chi connectivity index (χ2v) is 4.47. The number of fused-ring (bicyclic) bond motifs is 1. The molecule has 0 saturated heterocycles. The van der Waals surface area contributed by atoms with Crippen molar-refractivity contribution in [1.29, 1.82) is 0 Å². The van der Waals surface area contributed by atoms with Gasteiger partial charge in [0.05, 0.1) is 0 Å². The van der Waals surface area contributed by atoms with Gasteiger partial charge in [-0.2, -0.15) is 0 Å². The summed E-state index contributed by atoms with van der Waals surface area (Å²) >= 11 is 5.93. The first-order valence-corrected chi connectivity index (χ1v) is 5.91. The third-order valence-corrected chi connectivity index (χ3v) is 2.92.